The fourth-order valence-corrected chi connectivity index (χ4v) is 1.75. The third kappa shape index (κ3) is 3.46. The van der Waals surface area contributed by atoms with Crippen LogP contribution < -0.4 is 16.4 Å². The van der Waals surface area contributed by atoms with Gasteiger partial charge in [0, 0.05) is 18.8 Å². The van der Waals surface area contributed by atoms with E-state index in [0.717, 1.165) is 31.9 Å². The van der Waals surface area contributed by atoms with Gasteiger partial charge in [-0.05, 0) is 17.7 Å². The van der Waals surface area contributed by atoms with Crippen LogP contribution in [0.25, 0.3) is 0 Å². The van der Waals surface area contributed by atoms with Gasteiger partial charge < -0.3 is 21.1 Å². The molecule has 0 unspecified atom stereocenters. The van der Waals surface area contributed by atoms with E-state index in [1.807, 2.05) is 12.1 Å². The first kappa shape index (κ1) is 12.4. The van der Waals surface area contributed by atoms with Gasteiger partial charge in [0.1, 0.15) is 0 Å². The lowest BCUT2D eigenvalue weighted by Gasteiger charge is -2.28. The van der Waals surface area contributed by atoms with Gasteiger partial charge in [-0.1, -0.05) is 12.1 Å². The van der Waals surface area contributed by atoms with Crippen molar-refractivity contribution in [2.24, 2.45) is 21.7 Å². The van der Waals surface area contributed by atoms with E-state index in [9.17, 15) is 0 Å². The second-order valence-corrected chi connectivity index (χ2v) is 3.96. The molecular weight excluding hydrogens is 230 g/mol. The molecule has 0 atom stereocenters. The van der Waals surface area contributed by atoms with Crippen molar-refractivity contribution in [1.29, 1.82) is 0 Å². The standard InChI is InChI=1S/C12H17N5O/c13-12(14)16-15-9-10-1-3-11(4-2-10)17-5-7-18-8-6-17/h1-4,9H,5-8H2,(H4,13,14,16). The Kier molecular flexibility index (Phi) is 4.14. The molecule has 96 valence electrons. The summed E-state index contributed by atoms with van der Waals surface area (Å²) < 4.78 is 5.32. The van der Waals surface area contributed by atoms with Crippen LogP contribution in [0.15, 0.2) is 34.5 Å². The summed E-state index contributed by atoms with van der Waals surface area (Å²) in [6.45, 7) is 3.43. The number of rotatable bonds is 3. The van der Waals surface area contributed by atoms with Crippen molar-refractivity contribution in [2.45, 2.75) is 0 Å². The molecule has 0 radical (unpaired) electrons. The number of nitrogens with zero attached hydrogens (tertiary/aromatic N) is 3. The number of morpholine rings is 1. The Morgan fingerprint density at radius 2 is 1.83 bits per heavy atom. The highest BCUT2D eigenvalue weighted by atomic mass is 16.5. The highest BCUT2D eigenvalue weighted by molar-refractivity contribution is 5.82. The summed E-state index contributed by atoms with van der Waals surface area (Å²) in [5.74, 6) is -0.0452. The maximum absolute atomic E-state index is 5.32. The van der Waals surface area contributed by atoms with Crippen molar-refractivity contribution in [2.75, 3.05) is 31.2 Å². The van der Waals surface area contributed by atoms with E-state index in [-0.39, 0.29) is 5.96 Å². The van der Waals surface area contributed by atoms with E-state index in [2.05, 4.69) is 27.2 Å². The summed E-state index contributed by atoms with van der Waals surface area (Å²) in [7, 11) is 0. The second-order valence-electron chi connectivity index (χ2n) is 3.96. The van der Waals surface area contributed by atoms with Crippen LogP contribution in [-0.2, 0) is 4.74 Å². The zero-order valence-corrected chi connectivity index (χ0v) is 10.1. The minimum Gasteiger partial charge on any atom is -0.378 e. The normalized spacial score (nSPS) is 15.9. The number of hydrogen-bond acceptors (Lipinski definition) is 4. The Labute approximate surface area is 106 Å². The highest BCUT2D eigenvalue weighted by Crippen LogP contribution is 2.15. The zero-order chi connectivity index (χ0) is 12.8. The van der Waals surface area contributed by atoms with E-state index in [1.54, 1.807) is 6.21 Å². The third-order valence-corrected chi connectivity index (χ3v) is 2.65. The van der Waals surface area contributed by atoms with Crippen LogP contribution in [-0.4, -0.2) is 38.5 Å². The van der Waals surface area contributed by atoms with Gasteiger partial charge in [0.05, 0.1) is 19.4 Å². The molecule has 0 aromatic heterocycles. The van der Waals surface area contributed by atoms with Gasteiger partial charge >= 0.3 is 0 Å². The summed E-state index contributed by atoms with van der Waals surface area (Å²) in [6, 6.07) is 8.08. The molecule has 1 saturated heterocycles. The van der Waals surface area contributed by atoms with Gasteiger partial charge in [-0.25, -0.2) is 0 Å². The van der Waals surface area contributed by atoms with Crippen LogP contribution >= 0.6 is 0 Å². The van der Waals surface area contributed by atoms with Gasteiger partial charge in [-0.15, -0.1) is 5.10 Å². The fraction of sp³-hybridized carbons (Fsp3) is 0.333. The number of guanidine groups is 1. The number of nitrogens with two attached hydrogens (primary N) is 2. The Bertz CT molecular complexity index is 430. The lowest BCUT2D eigenvalue weighted by Crippen LogP contribution is -2.36. The van der Waals surface area contributed by atoms with Crippen LogP contribution in [0.3, 0.4) is 0 Å². The van der Waals surface area contributed by atoms with E-state index < -0.39 is 0 Å². The first-order chi connectivity index (χ1) is 8.75. The molecule has 0 spiro atoms. The van der Waals surface area contributed by atoms with Crippen LogP contribution in [0, 0.1) is 0 Å². The third-order valence-electron chi connectivity index (χ3n) is 2.65. The van der Waals surface area contributed by atoms with Crippen molar-refractivity contribution in [3.63, 3.8) is 0 Å². The van der Waals surface area contributed by atoms with Crippen molar-refractivity contribution < 1.29 is 4.74 Å². The van der Waals surface area contributed by atoms with Gasteiger partial charge in [0.15, 0.2) is 0 Å². The summed E-state index contributed by atoms with van der Waals surface area (Å²) in [5, 5.41) is 7.31. The minimum atomic E-state index is -0.0452. The molecule has 18 heavy (non-hydrogen) atoms. The van der Waals surface area contributed by atoms with Crippen LogP contribution in [0.1, 0.15) is 5.56 Å². The van der Waals surface area contributed by atoms with Crippen molar-refractivity contribution in [3.05, 3.63) is 29.8 Å². The van der Waals surface area contributed by atoms with Crippen LogP contribution in [0.4, 0.5) is 5.69 Å². The molecule has 2 rings (SSSR count). The van der Waals surface area contributed by atoms with E-state index in [4.69, 9.17) is 16.2 Å². The minimum absolute atomic E-state index is 0.0452. The summed E-state index contributed by atoms with van der Waals surface area (Å²) >= 11 is 0. The summed E-state index contributed by atoms with van der Waals surface area (Å²) in [4.78, 5) is 2.29. The highest BCUT2D eigenvalue weighted by Gasteiger charge is 2.10. The number of anilines is 1. The topological polar surface area (TPSA) is 89.2 Å². The van der Waals surface area contributed by atoms with Gasteiger partial charge in [0.2, 0.25) is 5.96 Å². The molecule has 1 heterocycles. The average Bonchev–Trinajstić information content (AvgIpc) is 2.40. The molecule has 1 fully saturated rings. The monoisotopic (exact) mass is 247 g/mol. The molecule has 1 aromatic carbocycles. The van der Waals surface area contributed by atoms with E-state index >= 15 is 0 Å². The van der Waals surface area contributed by atoms with Crippen molar-refractivity contribution in [3.8, 4) is 0 Å². The molecule has 1 aliphatic rings. The van der Waals surface area contributed by atoms with Crippen molar-refractivity contribution in [1.82, 2.24) is 0 Å². The Hall–Kier alpha value is -2.08. The smallest absolute Gasteiger partial charge is 0.211 e. The molecule has 1 aromatic rings. The Morgan fingerprint density at radius 1 is 1.17 bits per heavy atom. The first-order valence-corrected chi connectivity index (χ1v) is 5.80. The predicted molar refractivity (Wildman–Crippen MR) is 72.9 cm³/mol. The Morgan fingerprint density at radius 3 is 2.44 bits per heavy atom. The van der Waals surface area contributed by atoms with Gasteiger partial charge in [0.25, 0.3) is 0 Å². The predicted octanol–water partition coefficient (Wildman–Crippen LogP) is 0.131. The zero-order valence-electron chi connectivity index (χ0n) is 10.1. The fourth-order valence-electron chi connectivity index (χ4n) is 1.75. The lowest BCUT2D eigenvalue weighted by molar-refractivity contribution is 0.122. The largest absolute Gasteiger partial charge is 0.378 e. The molecular formula is C12H17N5O. The summed E-state index contributed by atoms with van der Waals surface area (Å²) in [6.07, 6.45) is 1.61. The molecule has 0 amide bonds. The Balaban J connectivity index is 2.00. The van der Waals surface area contributed by atoms with Crippen LogP contribution in [0.2, 0.25) is 0 Å². The lowest BCUT2D eigenvalue weighted by atomic mass is 10.2. The number of hydrogen-bond donors (Lipinski definition) is 2. The number of ether oxygens (including phenoxy) is 1. The quantitative estimate of drug-likeness (QED) is 0.451. The summed E-state index contributed by atoms with van der Waals surface area (Å²) in [5.41, 5.74) is 12.5. The molecule has 0 bridgehead atoms. The maximum Gasteiger partial charge on any atom is 0.211 e. The molecule has 0 aliphatic carbocycles. The van der Waals surface area contributed by atoms with Gasteiger partial charge in [-0.3, -0.25) is 0 Å². The SMILES string of the molecule is NC(N)=NN=Cc1ccc(N2CCOCC2)cc1. The first-order valence-electron chi connectivity index (χ1n) is 5.80. The van der Waals surface area contributed by atoms with E-state index in [1.165, 1.54) is 5.69 Å². The van der Waals surface area contributed by atoms with Crippen molar-refractivity contribution >= 4 is 17.9 Å². The molecule has 1 aliphatic heterocycles. The molecule has 6 heteroatoms. The van der Waals surface area contributed by atoms with E-state index in [0.29, 0.717) is 0 Å². The second kappa shape index (κ2) is 6.02. The van der Waals surface area contributed by atoms with Gasteiger partial charge in [-0.2, -0.15) is 5.10 Å². The maximum atomic E-state index is 5.32. The number of benzene rings is 1. The average molecular weight is 247 g/mol. The molecule has 6 nitrogen and oxygen atoms in total. The van der Waals surface area contributed by atoms with Crippen LogP contribution in [0.5, 0.6) is 0 Å². The molecule has 0 saturated carbocycles. The molecule has 4 N–H and O–H groups in total.